The molecule has 0 radical (unpaired) electrons. The fraction of sp³-hybridized carbons (Fsp3) is 0.188. The number of hydrogen-bond acceptors (Lipinski definition) is 5. The van der Waals surface area contributed by atoms with Crippen LogP contribution in [0.25, 0.3) is 0 Å². The smallest absolute Gasteiger partial charge is 0.321 e. The molecule has 2 aromatic rings. The Bertz CT molecular complexity index is 683. The fourth-order valence-electron chi connectivity index (χ4n) is 2.09. The molecule has 0 saturated carbocycles. The van der Waals surface area contributed by atoms with Gasteiger partial charge < -0.3 is 15.5 Å². The highest BCUT2D eigenvalue weighted by Crippen LogP contribution is 2.13. The van der Waals surface area contributed by atoms with Gasteiger partial charge in [0.1, 0.15) is 11.8 Å². The predicted molar refractivity (Wildman–Crippen MR) is 83.2 cm³/mol. The first-order valence-corrected chi connectivity index (χ1v) is 6.93. The van der Waals surface area contributed by atoms with Crippen molar-refractivity contribution in [1.82, 2.24) is 5.32 Å². The lowest BCUT2D eigenvalue weighted by molar-refractivity contribution is -0.384. The molecule has 0 aliphatic rings. The molecule has 23 heavy (non-hydrogen) atoms. The summed E-state index contributed by atoms with van der Waals surface area (Å²) in [4.78, 5) is 21.4. The largest absolute Gasteiger partial charge is 0.508 e. The van der Waals surface area contributed by atoms with E-state index in [2.05, 4.69) is 5.32 Å². The fourth-order valence-corrected chi connectivity index (χ4v) is 2.09. The Kier molecular flexibility index (Phi) is 5.27. The summed E-state index contributed by atoms with van der Waals surface area (Å²) in [5, 5.41) is 32.0. The van der Waals surface area contributed by atoms with Gasteiger partial charge in [0.05, 0.1) is 4.92 Å². The summed E-state index contributed by atoms with van der Waals surface area (Å²) in [5.41, 5.74) is 1.53. The molecule has 0 heterocycles. The lowest BCUT2D eigenvalue weighted by atomic mass is 10.1. The van der Waals surface area contributed by atoms with Crippen molar-refractivity contribution >= 4 is 11.7 Å². The van der Waals surface area contributed by atoms with E-state index in [0.29, 0.717) is 0 Å². The number of aromatic hydroxyl groups is 1. The first kappa shape index (κ1) is 16.4. The van der Waals surface area contributed by atoms with Gasteiger partial charge in [0.15, 0.2) is 0 Å². The Morgan fingerprint density at radius 1 is 1.09 bits per heavy atom. The van der Waals surface area contributed by atoms with Gasteiger partial charge in [-0.05, 0) is 29.7 Å². The van der Waals surface area contributed by atoms with Crippen molar-refractivity contribution in [1.29, 1.82) is 0 Å². The summed E-state index contributed by atoms with van der Waals surface area (Å²) in [6.07, 6.45) is 0.266. The van der Waals surface area contributed by atoms with Crippen LogP contribution in [0, 0.1) is 10.1 Å². The Morgan fingerprint density at radius 3 is 2.17 bits per heavy atom. The van der Waals surface area contributed by atoms with Gasteiger partial charge in [0, 0.05) is 18.7 Å². The van der Waals surface area contributed by atoms with Crippen LogP contribution in [0.3, 0.4) is 0 Å². The van der Waals surface area contributed by atoms with Crippen molar-refractivity contribution < 1.29 is 19.9 Å². The van der Waals surface area contributed by atoms with E-state index in [9.17, 15) is 25.1 Å². The molecule has 2 rings (SSSR count). The SMILES string of the molecule is O=C(O)[C@H](Cc1ccc(O)cc1)NCc1ccc([N+](=O)[O-])cc1. The summed E-state index contributed by atoms with van der Waals surface area (Å²) in [7, 11) is 0. The normalized spacial score (nSPS) is 11.8. The van der Waals surface area contributed by atoms with Gasteiger partial charge in [-0.1, -0.05) is 24.3 Å². The molecule has 0 aromatic heterocycles. The first-order chi connectivity index (χ1) is 11.0. The average molecular weight is 316 g/mol. The molecule has 0 aliphatic heterocycles. The molecular weight excluding hydrogens is 300 g/mol. The zero-order chi connectivity index (χ0) is 16.8. The molecule has 0 saturated heterocycles. The Hall–Kier alpha value is -2.93. The van der Waals surface area contributed by atoms with Crippen LogP contribution in [0.2, 0.25) is 0 Å². The maximum absolute atomic E-state index is 11.3. The Balaban J connectivity index is 1.98. The number of nitro benzene ring substituents is 1. The maximum atomic E-state index is 11.3. The topological polar surface area (TPSA) is 113 Å². The second-order valence-corrected chi connectivity index (χ2v) is 5.07. The molecule has 0 aliphatic carbocycles. The number of carboxylic acids is 1. The van der Waals surface area contributed by atoms with Gasteiger partial charge in [0.25, 0.3) is 5.69 Å². The third-order valence-electron chi connectivity index (χ3n) is 3.37. The van der Waals surface area contributed by atoms with Gasteiger partial charge in [-0.3, -0.25) is 14.9 Å². The number of carboxylic acid groups (broad SMARTS) is 1. The number of phenols is 1. The highest BCUT2D eigenvalue weighted by atomic mass is 16.6. The number of aliphatic carboxylic acids is 1. The maximum Gasteiger partial charge on any atom is 0.321 e. The molecule has 0 bridgehead atoms. The van der Waals surface area contributed by atoms with Crippen LogP contribution in [0.4, 0.5) is 5.69 Å². The third-order valence-corrected chi connectivity index (χ3v) is 3.37. The van der Waals surface area contributed by atoms with E-state index >= 15 is 0 Å². The summed E-state index contributed by atoms with van der Waals surface area (Å²) in [6.45, 7) is 0.285. The van der Waals surface area contributed by atoms with E-state index in [1.165, 1.54) is 24.3 Å². The molecule has 0 amide bonds. The standard InChI is InChI=1S/C16H16N2O5/c19-14-7-3-11(4-8-14)9-15(16(20)21)17-10-12-1-5-13(6-2-12)18(22)23/h1-8,15,17,19H,9-10H2,(H,20,21)/t15-/m0/s1. The molecular formula is C16H16N2O5. The number of nitrogens with one attached hydrogen (secondary N) is 1. The predicted octanol–water partition coefficient (Wildman–Crippen LogP) is 2.09. The van der Waals surface area contributed by atoms with Crippen molar-refractivity contribution in [2.75, 3.05) is 0 Å². The molecule has 0 fully saturated rings. The van der Waals surface area contributed by atoms with Crippen molar-refractivity contribution in [3.05, 3.63) is 69.8 Å². The molecule has 7 nitrogen and oxygen atoms in total. The number of carbonyl (C=O) groups is 1. The zero-order valence-electron chi connectivity index (χ0n) is 12.2. The van der Waals surface area contributed by atoms with Crippen molar-refractivity contribution in [3.63, 3.8) is 0 Å². The van der Waals surface area contributed by atoms with Crippen LogP contribution in [-0.2, 0) is 17.8 Å². The number of nitrogens with zero attached hydrogens (tertiary/aromatic N) is 1. The van der Waals surface area contributed by atoms with Gasteiger partial charge >= 0.3 is 5.97 Å². The molecule has 0 unspecified atom stereocenters. The van der Waals surface area contributed by atoms with E-state index in [-0.39, 0.29) is 24.4 Å². The molecule has 3 N–H and O–H groups in total. The number of phenolic OH excluding ortho intramolecular Hbond substituents is 1. The summed E-state index contributed by atoms with van der Waals surface area (Å²) in [5.74, 6) is -0.862. The van der Waals surface area contributed by atoms with E-state index < -0.39 is 16.9 Å². The van der Waals surface area contributed by atoms with E-state index in [1.54, 1.807) is 24.3 Å². The summed E-state index contributed by atoms with van der Waals surface area (Å²) < 4.78 is 0. The van der Waals surface area contributed by atoms with E-state index in [1.807, 2.05) is 0 Å². The van der Waals surface area contributed by atoms with Crippen LogP contribution < -0.4 is 5.32 Å². The minimum atomic E-state index is -0.986. The van der Waals surface area contributed by atoms with Crippen LogP contribution in [-0.4, -0.2) is 27.1 Å². The minimum absolute atomic E-state index is 0.00683. The quantitative estimate of drug-likeness (QED) is 0.532. The highest BCUT2D eigenvalue weighted by molar-refractivity contribution is 5.73. The van der Waals surface area contributed by atoms with Crippen LogP contribution >= 0.6 is 0 Å². The van der Waals surface area contributed by atoms with Crippen LogP contribution in [0.1, 0.15) is 11.1 Å². The average Bonchev–Trinajstić information content (AvgIpc) is 2.53. The second-order valence-electron chi connectivity index (χ2n) is 5.07. The van der Waals surface area contributed by atoms with Gasteiger partial charge in [-0.2, -0.15) is 0 Å². The van der Waals surface area contributed by atoms with E-state index in [4.69, 9.17) is 0 Å². The highest BCUT2D eigenvalue weighted by Gasteiger charge is 2.17. The van der Waals surface area contributed by atoms with Gasteiger partial charge in [0.2, 0.25) is 0 Å². The number of nitro groups is 1. The third kappa shape index (κ3) is 4.79. The summed E-state index contributed by atoms with van der Waals surface area (Å²) in [6, 6.07) is 11.5. The number of hydrogen-bond donors (Lipinski definition) is 3. The van der Waals surface area contributed by atoms with Gasteiger partial charge in [-0.15, -0.1) is 0 Å². The van der Waals surface area contributed by atoms with Crippen LogP contribution in [0.5, 0.6) is 5.75 Å². The minimum Gasteiger partial charge on any atom is -0.508 e. The number of rotatable bonds is 7. The Morgan fingerprint density at radius 2 is 1.65 bits per heavy atom. The molecule has 120 valence electrons. The molecule has 1 atom stereocenters. The lowest BCUT2D eigenvalue weighted by Crippen LogP contribution is -2.38. The van der Waals surface area contributed by atoms with Crippen molar-refractivity contribution in [3.8, 4) is 5.75 Å². The van der Waals surface area contributed by atoms with Crippen LogP contribution in [0.15, 0.2) is 48.5 Å². The van der Waals surface area contributed by atoms with Gasteiger partial charge in [-0.25, -0.2) is 0 Å². The Labute approximate surface area is 132 Å². The lowest BCUT2D eigenvalue weighted by Gasteiger charge is -2.14. The summed E-state index contributed by atoms with van der Waals surface area (Å²) >= 11 is 0. The number of non-ortho nitro benzene ring substituents is 1. The van der Waals surface area contributed by atoms with Crippen molar-refractivity contribution in [2.24, 2.45) is 0 Å². The van der Waals surface area contributed by atoms with E-state index in [0.717, 1.165) is 11.1 Å². The molecule has 0 spiro atoms. The molecule has 2 aromatic carbocycles. The van der Waals surface area contributed by atoms with Crippen molar-refractivity contribution in [2.45, 2.75) is 19.0 Å². The zero-order valence-corrected chi connectivity index (χ0v) is 12.2. The number of benzene rings is 2. The monoisotopic (exact) mass is 316 g/mol. The molecule has 7 heteroatoms. The second kappa shape index (κ2) is 7.37. The first-order valence-electron chi connectivity index (χ1n) is 6.93.